The first kappa shape index (κ1) is 16.5. The Balaban J connectivity index is 2.10. The molecule has 0 bridgehead atoms. The van der Waals surface area contributed by atoms with Gasteiger partial charge in [0, 0.05) is 4.47 Å². The Morgan fingerprint density at radius 1 is 1.18 bits per heavy atom. The largest absolute Gasteiger partial charge is 0.465 e. The molecule has 0 aliphatic rings. The first-order valence-electron chi connectivity index (χ1n) is 6.42. The van der Waals surface area contributed by atoms with Crippen LogP contribution in [0.25, 0.3) is 0 Å². The maximum atomic E-state index is 12.1. The second-order valence-corrected chi connectivity index (χ2v) is 5.86. The van der Waals surface area contributed by atoms with Crippen molar-refractivity contribution in [3.05, 3.63) is 63.1 Å². The van der Waals surface area contributed by atoms with Crippen molar-refractivity contribution in [3.63, 3.8) is 0 Å². The van der Waals surface area contributed by atoms with E-state index in [1.165, 1.54) is 13.2 Å². The molecule has 0 aliphatic carbocycles. The molecule has 0 spiro atoms. The van der Waals surface area contributed by atoms with E-state index in [2.05, 4.69) is 26.0 Å². The Labute approximate surface area is 141 Å². The molecule has 0 radical (unpaired) electrons. The molecule has 1 N–H and O–H groups in total. The molecule has 2 rings (SSSR count). The van der Waals surface area contributed by atoms with E-state index < -0.39 is 5.97 Å². The third kappa shape index (κ3) is 4.32. The summed E-state index contributed by atoms with van der Waals surface area (Å²) in [5.74, 6) is -0.702. The number of nitrogens with one attached hydrogen (secondary N) is 1. The summed E-state index contributed by atoms with van der Waals surface area (Å²) in [5, 5.41) is 3.06. The summed E-state index contributed by atoms with van der Waals surface area (Å²) in [7, 11) is 1.29. The number of rotatable bonds is 4. The molecule has 0 atom stereocenters. The van der Waals surface area contributed by atoms with Crippen LogP contribution in [0.2, 0.25) is 5.02 Å². The fourth-order valence-corrected chi connectivity index (χ4v) is 2.28. The zero-order valence-electron chi connectivity index (χ0n) is 11.7. The average Bonchev–Trinajstić information content (AvgIpc) is 2.51. The van der Waals surface area contributed by atoms with Gasteiger partial charge in [0.2, 0.25) is 5.91 Å². The number of halogens is 2. The first-order valence-corrected chi connectivity index (χ1v) is 7.59. The third-order valence-corrected chi connectivity index (χ3v) is 3.80. The first-order chi connectivity index (χ1) is 10.5. The van der Waals surface area contributed by atoms with Crippen molar-refractivity contribution in [2.24, 2.45) is 0 Å². The number of ether oxygens (including phenoxy) is 1. The monoisotopic (exact) mass is 381 g/mol. The minimum Gasteiger partial charge on any atom is -0.465 e. The summed E-state index contributed by atoms with van der Waals surface area (Å²) < 4.78 is 5.59. The van der Waals surface area contributed by atoms with Gasteiger partial charge in [0.05, 0.1) is 29.8 Å². The lowest BCUT2D eigenvalue weighted by molar-refractivity contribution is -0.115. The van der Waals surface area contributed by atoms with Crippen molar-refractivity contribution < 1.29 is 14.3 Å². The minimum atomic E-state index is -0.486. The summed E-state index contributed by atoms with van der Waals surface area (Å²) in [6, 6.07) is 12.0. The molecule has 0 saturated carbocycles. The molecule has 0 unspecified atom stereocenters. The Kier molecular flexibility index (Phi) is 5.57. The topological polar surface area (TPSA) is 55.4 Å². The second kappa shape index (κ2) is 7.42. The molecular formula is C16H13BrClNO3. The summed E-state index contributed by atoms with van der Waals surface area (Å²) in [4.78, 5) is 23.6. The van der Waals surface area contributed by atoms with Gasteiger partial charge < -0.3 is 10.1 Å². The van der Waals surface area contributed by atoms with Crippen molar-refractivity contribution in [2.75, 3.05) is 12.4 Å². The molecule has 0 aromatic heterocycles. The summed E-state index contributed by atoms with van der Waals surface area (Å²) in [5.41, 5.74) is 1.58. The maximum absolute atomic E-state index is 12.1. The van der Waals surface area contributed by atoms with E-state index in [9.17, 15) is 9.59 Å². The molecule has 114 valence electrons. The highest BCUT2D eigenvalue weighted by atomic mass is 79.9. The van der Waals surface area contributed by atoms with E-state index in [1.54, 1.807) is 12.1 Å². The lowest BCUT2D eigenvalue weighted by Gasteiger charge is -2.09. The molecule has 0 aliphatic heterocycles. The number of amides is 1. The van der Waals surface area contributed by atoms with Crippen LogP contribution in [-0.4, -0.2) is 19.0 Å². The quantitative estimate of drug-likeness (QED) is 0.811. The summed E-state index contributed by atoms with van der Waals surface area (Å²) in [6.45, 7) is 0. The molecule has 6 heteroatoms. The molecule has 22 heavy (non-hydrogen) atoms. The van der Waals surface area contributed by atoms with Crippen molar-refractivity contribution in [1.82, 2.24) is 0 Å². The van der Waals surface area contributed by atoms with Crippen molar-refractivity contribution in [3.8, 4) is 0 Å². The van der Waals surface area contributed by atoms with Gasteiger partial charge in [0.1, 0.15) is 0 Å². The fraction of sp³-hybridized carbons (Fsp3) is 0.125. The molecular weight excluding hydrogens is 370 g/mol. The van der Waals surface area contributed by atoms with Crippen LogP contribution >= 0.6 is 27.5 Å². The van der Waals surface area contributed by atoms with Crippen LogP contribution in [-0.2, 0) is 16.0 Å². The highest BCUT2D eigenvalue weighted by Crippen LogP contribution is 2.23. The van der Waals surface area contributed by atoms with Gasteiger partial charge in [-0.2, -0.15) is 0 Å². The highest BCUT2D eigenvalue weighted by Gasteiger charge is 2.11. The van der Waals surface area contributed by atoms with Crippen molar-refractivity contribution in [1.29, 1.82) is 0 Å². The smallest absolute Gasteiger partial charge is 0.337 e. The van der Waals surface area contributed by atoms with E-state index in [1.807, 2.05) is 24.3 Å². The molecule has 0 saturated heterocycles. The van der Waals surface area contributed by atoms with E-state index in [-0.39, 0.29) is 12.3 Å². The van der Waals surface area contributed by atoms with Gasteiger partial charge in [-0.25, -0.2) is 4.79 Å². The Bertz CT molecular complexity index is 701. The van der Waals surface area contributed by atoms with E-state index in [4.69, 9.17) is 11.6 Å². The van der Waals surface area contributed by atoms with E-state index in [0.717, 1.165) is 10.0 Å². The Hall–Kier alpha value is -1.85. The van der Waals surface area contributed by atoms with Crippen LogP contribution in [0.4, 0.5) is 5.69 Å². The number of benzene rings is 2. The summed E-state index contributed by atoms with van der Waals surface area (Å²) >= 11 is 9.38. The maximum Gasteiger partial charge on any atom is 0.337 e. The van der Waals surface area contributed by atoms with Gasteiger partial charge in [-0.3, -0.25) is 4.79 Å². The van der Waals surface area contributed by atoms with Gasteiger partial charge in [0.15, 0.2) is 0 Å². The van der Waals surface area contributed by atoms with Crippen LogP contribution in [0.15, 0.2) is 46.9 Å². The van der Waals surface area contributed by atoms with Gasteiger partial charge in [-0.15, -0.1) is 0 Å². The second-order valence-electron chi connectivity index (χ2n) is 4.54. The zero-order chi connectivity index (χ0) is 16.1. The van der Waals surface area contributed by atoms with Crippen LogP contribution < -0.4 is 5.32 Å². The SMILES string of the molecule is COC(=O)c1ccc(Cl)c(NC(=O)Cc2ccc(Br)cc2)c1. The van der Waals surface area contributed by atoms with Crippen LogP contribution in [0.5, 0.6) is 0 Å². The average molecular weight is 383 g/mol. The van der Waals surface area contributed by atoms with E-state index >= 15 is 0 Å². The number of carbonyl (C=O) groups is 2. The number of hydrogen-bond donors (Lipinski definition) is 1. The highest BCUT2D eigenvalue weighted by molar-refractivity contribution is 9.10. The Morgan fingerprint density at radius 2 is 1.86 bits per heavy atom. The predicted molar refractivity (Wildman–Crippen MR) is 89.3 cm³/mol. The number of hydrogen-bond acceptors (Lipinski definition) is 3. The molecule has 2 aromatic carbocycles. The van der Waals surface area contributed by atoms with Crippen LogP contribution in [0.1, 0.15) is 15.9 Å². The molecule has 0 heterocycles. The molecule has 2 aromatic rings. The van der Waals surface area contributed by atoms with Gasteiger partial charge in [-0.1, -0.05) is 39.7 Å². The number of carbonyl (C=O) groups excluding carboxylic acids is 2. The lowest BCUT2D eigenvalue weighted by Crippen LogP contribution is -2.15. The van der Waals surface area contributed by atoms with Crippen molar-refractivity contribution in [2.45, 2.75) is 6.42 Å². The van der Waals surface area contributed by atoms with Crippen molar-refractivity contribution >= 4 is 45.1 Å². The normalized spacial score (nSPS) is 10.1. The minimum absolute atomic E-state index is 0.214. The fourth-order valence-electron chi connectivity index (χ4n) is 1.85. The van der Waals surface area contributed by atoms with Crippen LogP contribution in [0.3, 0.4) is 0 Å². The number of anilines is 1. The predicted octanol–water partition coefficient (Wildman–Crippen LogP) is 4.07. The molecule has 4 nitrogen and oxygen atoms in total. The number of methoxy groups -OCH3 is 1. The lowest BCUT2D eigenvalue weighted by atomic mass is 10.1. The van der Waals surface area contributed by atoms with E-state index in [0.29, 0.717) is 16.3 Å². The number of esters is 1. The Morgan fingerprint density at radius 3 is 2.50 bits per heavy atom. The van der Waals surface area contributed by atoms with Gasteiger partial charge in [0.25, 0.3) is 0 Å². The summed E-state index contributed by atoms with van der Waals surface area (Å²) in [6.07, 6.45) is 0.214. The zero-order valence-corrected chi connectivity index (χ0v) is 14.1. The third-order valence-electron chi connectivity index (χ3n) is 2.94. The van der Waals surface area contributed by atoms with Crippen LogP contribution in [0, 0.1) is 0 Å². The van der Waals surface area contributed by atoms with Gasteiger partial charge in [-0.05, 0) is 35.9 Å². The standard InChI is InChI=1S/C16H13BrClNO3/c1-22-16(21)11-4-7-13(18)14(9-11)19-15(20)8-10-2-5-12(17)6-3-10/h2-7,9H,8H2,1H3,(H,19,20). The van der Waals surface area contributed by atoms with Gasteiger partial charge >= 0.3 is 5.97 Å². The molecule has 0 fully saturated rings. The molecule has 1 amide bonds.